The van der Waals surface area contributed by atoms with Crippen LogP contribution in [0, 0.1) is 11.2 Å². The largest absolute Gasteiger partial charge is 0.490 e. The quantitative estimate of drug-likeness (QED) is 0.432. The molecule has 0 bridgehead atoms. The first-order valence-corrected chi connectivity index (χ1v) is 11.8. The van der Waals surface area contributed by atoms with Crippen LogP contribution in [0.25, 0.3) is 21.8 Å². The van der Waals surface area contributed by atoms with Crippen LogP contribution < -0.4 is 15.6 Å². The minimum Gasteiger partial charge on any atom is -0.490 e. The topological polar surface area (TPSA) is 75.2 Å². The van der Waals surface area contributed by atoms with Crippen molar-refractivity contribution < 1.29 is 9.13 Å². The summed E-state index contributed by atoms with van der Waals surface area (Å²) in [5, 5.41) is 4.91. The van der Waals surface area contributed by atoms with E-state index in [0.29, 0.717) is 39.3 Å². The molecular formula is C25H25ClFN5O2. The van der Waals surface area contributed by atoms with Crippen LogP contribution >= 0.6 is 11.6 Å². The number of pyridine rings is 1. The van der Waals surface area contributed by atoms with Crippen molar-refractivity contribution >= 4 is 39.1 Å². The summed E-state index contributed by atoms with van der Waals surface area (Å²) < 4.78 is 22.0. The molecule has 34 heavy (non-hydrogen) atoms. The minimum atomic E-state index is -0.275. The van der Waals surface area contributed by atoms with E-state index >= 15 is 0 Å². The van der Waals surface area contributed by atoms with Crippen LogP contribution in [-0.4, -0.2) is 51.7 Å². The van der Waals surface area contributed by atoms with Gasteiger partial charge in [0, 0.05) is 56.3 Å². The Kier molecular flexibility index (Phi) is 5.04. The lowest BCUT2D eigenvalue weighted by Crippen LogP contribution is -2.65. The number of benzene rings is 2. The number of aromatic nitrogens is 3. The maximum Gasteiger partial charge on any atom is 0.259 e. The zero-order valence-corrected chi connectivity index (χ0v) is 19.5. The van der Waals surface area contributed by atoms with Gasteiger partial charge in [-0.2, -0.15) is 0 Å². The number of imidazole rings is 1. The highest BCUT2D eigenvalue weighted by atomic mass is 35.5. The number of halogens is 2. The van der Waals surface area contributed by atoms with Crippen LogP contribution in [0.15, 0.2) is 47.7 Å². The average molecular weight is 482 g/mol. The predicted molar refractivity (Wildman–Crippen MR) is 131 cm³/mol. The molecule has 0 unspecified atom stereocenters. The number of hydrogen-bond acceptors (Lipinski definition) is 5. The second-order valence-electron chi connectivity index (χ2n) is 9.60. The number of hydrogen-bond donors (Lipinski definition) is 2. The van der Waals surface area contributed by atoms with Crippen LogP contribution in [0.5, 0.6) is 5.75 Å². The van der Waals surface area contributed by atoms with Crippen LogP contribution in [0.3, 0.4) is 0 Å². The monoisotopic (exact) mass is 481 g/mol. The Bertz CT molecular complexity index is 1450. The number of aromatic amines is 1. The highest BCUT2D eigenvalue weighted by molar-refractivity contribution is 6.35. The van der Waals surface area contributed by atoms with E-state index in [0.717, 1.165) is 43.4 Å². The van der Waals surface area contributed by atoms with Crippen molar-refractivity contribution in [1.29, 1.82) is 0 Å². The smallest absolute Gasteiger partial charge is 0.259 e. The maximum absolute atomic E-state index is 14.2. The van der Waals surface area contributed by atoms with E-state index < -0.39 is 0 Å². The third kappa shape index (κ3) is 3.61. The summed E-state index contributed by atoms with van der Waals surface area (Å²) in [5.41, 5.74) is 2.12. The third-order valence-electron chi connectivity index (χ3n) is 7.14. The average Bonchev–Trinajstić information content (AvgIpc) is 3.21. The highest BCUT2D eigenvalue weighted by Gasteiger charge is 2.53. The first-order valence-electron chi connectivity index (χ1n) is 11.4. The Morgan fingerprint density at radius 2 is 2.12 bits per heavy atom. The van der Waals surface area contributed by atoms with E-state index in [1.54, 1.807) is 31.7 Å². The van der Waals surface area contributed by atoms with Crippen LogP contribution in [0.2, 0.25) is 5.02 Å². The number of anilines is 1. The Balaban J connectivity index is 1.01. The summed E-state index contributed by atoms with van der Waals surface area (Å²) in [6, 6.07) is 8.69. The van der Waals surface area contributed by atoms with Crippen molar-refractivity contribution in [3.8, 4) is 5.75 Å². The van der Waals surface area contributed by atoms with Crippen molar-refractivity contribution in [3.05, 3.63) is 64.0 Å². The number of likely N-dealkylation sites (tertiary alicyclic amines) is 1. The van der Waals surface area contributed by atoms with Gasteiger partial charge in [-0.1, -0.05) is 11.6 Å². The molecule has 7 nitrogen and oxygen atoms in total. The summed E-state index contributed by atoms with van der Waals surface area (Å²) in [7, 11) is 1.72. The number of H-pyrrole nitrogens is 1. The second-order valence-corrected chi connectivity index (χ2v) is 10.0. The number of ether oxygens (including phenoxy) is 1. The van der Waals surface area contributed by atoms with Gasteiger partial charge < -0.3 is 24.5 Å². The molecule has 9 heteroatoms. The van der Waals surface area contributed by atoms with Crippen molar-refractivity contribution in [3.63, 3.8) is 0 Å². The first kappa shape index (κ1) is 21.4. The molecule has 1 spiro atoms. The first-order chi connectivity index (χ1) is 16.4. The molecule has 4 aromatic rings. The van der Waals surface area contributed by atoms with Gasteiger partial charge in [0.2, 0.25) is 0 Å². The molecular weight excluding hydrogens is 457 g/mol. The molecule has 2 aromatic heterocycles. The molecule has 2 aromatic carbocycles. The summed E-state index contributed by atoms with van der Waals surface area (Å²) in [4.78, 5) is 22.0. The molecule has 1 saturated heterocycles. The zero-order valence-electron chi connectivity index (χ0n) is 18.8. The summed E-state index contributed by atoms with van der Waals surface area (Å²) >= 11 is 6.29. The predicted octanol–water partition coefficient (Wildman–Crippen LogP) is 4.16. The van der Waals surface area contributed by atoms with Gasteiger partial charge in [0.1, 0.15) is 11.6 Å². The van der Waals surface area contributed by atoms with Gasteiger partial charge in [0.25, 0.3) is 5.56 Å². The molecule has 1 aliphatic carbocycles. The molecule has 6 rings (SSSR count). The molecule has 1 saturated carbocycles. The fourth-order valence-electron chi connectivity index (χ4n) is 5.42. The van der Waals surface area contributed by atoms with Crippen molar-refractivity contribution in [2.75, 3.05) is 31.5 Å². The lowest BCUT2D eigenvalue weighted by Gasteiger charge is -2.58. The van der Waals surface area contributed by atoms with E-state index in [1.165, 1.54) is 10.6 Å². The number of rotatable bonds is 6. The molecule has 0 atom stereocenters. The van der Waals surface area contributed by atoms with E-state index in [1.807, 2.05) is 12.1 Å². The molecule has 0 radical (unpaired) electrons. The van der Waals surface area contributed by atoms with Gasteiger partial charge in [0.15, 0.2) is 0 Å². The minimum absolute atomic E-state index is 0.120. The van der Waals surface area contributed by atoms with Crippen molar-refractivity contribution in [1.82, 2.24) is 19.4 Å². The van der Waals surface area contributed by atoms with Crippen molar-refractivity contribution in [2.24, 2.45) is 12.5 Å². The molecule has 2 aliphatic rings. The molecule has 1 aliphatic heterocycles. The zero-order chi connectivity index (χ0) is 23.4. The number of nitrogens with zero attached hydrogens (tertiary/aromatic N) is 3. The SMILES string of the molecule is Cn1ccc2c(OC3CC4(C3)CN(CCNc3cc5nc[nH]c5cc3F)C4)ccc(Cl)c2c1=O. The fourth-order valence-corrected chi connectivity index (χ4v) is 5.66. The van der Waals surface area contributed by atoms with Gasteiger partial charge in [-0.05, 0) is 37.1 Å². The molecule has 2 N–H and O–H groups in total. The molecule has 0 amide bonds. The van der Waals surface area contributed by atoms with Gasteiger partial charge in [-0.25, -0.2) is 9.37 Å². The standard InChI is InChI=1S/C25H25ClFN5O2/c1-31-6-4-16-22(3-2-17(26)23(16)24(31)33)34-15-10-25(11-15)12-32(13-25)7-5-28-19-9-21-20(8-18(19)27)29-14-30-21/h2-4,6,8-9,14-15,28H,5,7,10-13H2,1H3,(H,29,30). The maximum atomic E-state index is 14.2. The molecule has 2 fully saturated rings. The number of nitrogens with one attached hydrogen (secondary N) is 2. The summed E-state index contributed by atoms with van der Waals surface area (Å²) in [6.45, 7) is 3.58. The Morgan fingerprint density at radius 1 is 1.29 bits per heavy atom. The summed E-state index contributed by atoms with van der Waals surface area (Å²) in [6.07, 6.45) is 5.45. The second kappa shape index (κ2) is 7.99. The van der Waals surface area contributed by atoms with E-state index in [2.05, 4.69) is 20.2 Å². The van der Waals surface area contributed by atoms with Gasteiger partial charge >= 0.3 is 0 Å². The highest BCUT2D eigenvalue weighted by Crippen LogP contribution is 2.50. The lowest BCUT2D eigenvalue weighted by atomic mass is 9.62. The van der Waals surface area contributed by atoms with E-state index in [9.17, 15) is 9.18 Å². The Labute approximate surface area is 200 Å². The normalized spacial score (nSPS) is 17.7. The molecule has 3 heterocycles. The number of fused-ring (bicyclic) bond motifs is 2. The summed E-state index contributed by atoms with van der Waals surface area (Å²) in [5.74, 6) is 0.441. The van der Waals surface area contributed by atoms with Gasteiger partial charge in [0.05, 0.1) is 39.6 Å². The Morgan fingerprint density at radius 3 is 2.94 bits per heavy atom. The van der Waals surface area contributed by atoms with Crippen LogP contribution in [0.4, 0.5) is 10.1 Å². The fraction of sp³-hybridized carbons (Fsp3) is 0.360. The van der Waals surface area contributed by atoms with Gasteiger partial charge in [-0.3, -0.25) is 4.79 Å². The lowest BCUT2D eigenvalue weighted by molar-refractivity contribution is -0.117. The third-order valence-corrected chi connectivity index (χ3v) is 7.45. The number of aryl methyl sites for hydroxylation is 1. The Hall–Kier alpha value is -3.10. The van der Waals surface area contributed by atoms with E-state index in [-0.39, 0.29) is 17.5 Å². The van der Waals surface area contributed by atoms with Crippen LogP contribution in [0.1, 0.15) is 12.8 Å². The van der Waals surface area contributed by atoms with Gasteiger partial charge in [-0.15, -0.1) is 0 Å². The van der Waals surface area contributed by atoms with E-state index in [4.69, 9.17) is 16.3 Å². The van der Waals surface area contributed by atoms with Crippen LogP contribution in [-0.2, 0) is 7.05 Å². The molecule has 176 valence electrons. The van der Waals surface area contributed by atoms with Crippen molar-refractivity contribution in [2.45, 2.75) is 18.9 Å².